The Labute approximate surface area is 161 Å². The standard InChI is InChI=1S/C20H28N5O2/c1-23(2)16-10-13-18(19(14-16)27-20(26)24(3)4)22-21-15-8-11-17(12-9-15)25(5,6)7/h8-14H,1-7H3/q+1. The third-order valence-electron chi connectivity index (χ3n) is 3.92. The fourth-order valence-electron chi connectivity index (χ4n) is 2.21. The van der Waals surface area contributed by atoms with Gasteiger partial charge in [-0.15, -0.1) is 5.11 Å². The number of quaternary nitrogens is 1. The maximum absolute atomic E-state index is 12.0. The highest BCUT2D eigenvalue weighted by atomic mass is 16.6. The Bertz CT molecular complexity index is 821. The molecule has 2 aromatic rings. The van der Waals surface area contributed by atoms with E-state index in [1.807, 2.05) is 49.3 Å². The van der Waals surface area contributed by atoms with E-state index in [9.17, 15) is 4.79 Å². The van der Waals surface area contributed by atoms with Crippen LogP contribution in [0.3, 0.4) is 0 Å². The largest absolute Gasteiger partial charge is 0.414 e. The summed E-state index contributed by atoms with van der Waals surface area (Å²) in [5.41, 5.74) is 3.30. The van der Waals surface area contributed by atoms with E-state index in [4.69, 9.17) is 4.74 Å². The van der Waals surface area contributed by atoms with Crippen LogP contribution in [0.2, 0.25) is 0 Å². The molecule has 7 nitrogen and oxygen atoms in total. The predicted molar refractivity (Wildman–Crippen MR) is 111 cm³/mol. The van der Waals surface area contributed by atoms with Gasteiger partial charge in [0.2, 0.25) is 0 Å². The first kappa shape index (κ1) is 20.4. The Balaban J connectivity index is 2.31. The van der Waals surface area contributed by atoms with E-state index in [-0.39, 0.29) is 0 Å². The second-order valence-corrected chi connectivity index (χ2v) is 7.54. The van der Waals surface area contributed by atoms with E-state index in [0.717, 1.165) is 15.9 Å². The molecule has 0 aliphatic heterocycles. The smallest absolute Gasteiger partial charge is 0.408 e. The average molecular weight is 370 g/mol. The molecule has 2 rings (SSSR count). The van der Waals surface area contributed by atoms with Crippen molar-refractivity contribution in [2.75, 3.05) is 54.2 Å². The van der Waals surface area contributed by atoms with Gasteiger partial charge in [0.1, 0.15) is 11.4 Å². The van der Waals surface area contributed by atoms with Gasteiger partial charge in [-0.1, -0.05) is 0 Å². The number of benzene rings is 2. The van der Waals surface area contributed by atoms with Gasteiger partial charge in [0.15, 0.2) is 5.75 Å². The fourth-order valence-corrected chi connectivity index (χ4v) is 2.21. The number of ether oxygens (including phenoxy) is 1. The van der Waals surface area contributed by atoms with E-state index >= 15 is 0 Å². The van der Waals surface area contributed by atoms with Gasteiger partial charge in [0, 0.05) is 52.1 Å². The Hall–Kier alpha value is -2.93. The second kappa shape index (κ2) is 8.18. The molecule has 0 aromatic heterocycles. The van der Waals surface area contributed by atoms with E-state index < -0.39 is 6.09 Å². The summed E-state index contributed by atoms with van der Waals surface area (Å²) in [5.74, 6) is 0.367. The summed E-state index contributed by atoms with van der Waals surface area (Å²) in [6.07, 6.45) is -0.463. The molecule has 144 valence electrons. The third kappa shape index (κ3) is 5.52. The summed E-state index contributed by atoms with van der Waals surface area (Å²) >= 11 is 0. The fraction of sp³-hybridized carbons (Fsp3) is 0.350. The van der Waals surface area contributed by atoms with Crippen molar-refractivity contribution in [3.05, 3.63) is 42.5 Å². The van der Waals surface area contributed by atoms with Gasteiger partial charge in [-0.2, -0.15) is 5.11 Å². The number of hydrogen-bond acceptors (Lipinski definition) is 5. The van der Waals surface area contributed by atoms with Crippen LogP contribution in [-0.2, 0) is 0 Å². The van der Waals surface area contributed by atoms with Crippen molar-refractivity contribution >= 4 is 28.8 Å². The number of hydrogen-bond donors (Lipinski definition) is 0. The van der Waals surface area contributed by atoms with Crippen LogP contribution >= 0.6 is 0 Å². The highest BCUT2D eigenvalue weighted by Gasteiger charge is 2.13. The van der Waals surface area contributed by atoms with Crippen molar-refractivity contribution in [3.8, 4) is 5.75 Å². The molecule has 1 amide bonds. The molecule has 0 N–H and O–H groups in total. The number of anilines is 1. The Morgan fingerprint density at radius 2 is 1.56 bits per heavy atom. The molecule has 0 atom stereocenters. The lowest BCUT2D eigenvalue weighted by Gasteiger charge is -2.23. The first-order valence-electron chi connectivity index (χ1n) is 8.62. The minimum atomic E-state index is -0.463. The van der Waals surface area contributed by atoms with E-state index in [1.165, 1.54) is 10.6 Å². The summed E-state index contributed by atoms with van der Waals surface area (Å²) in [4.78, 5) is 15.3. The number of amides is 1. The maximum Gasteiger partial charge on any atom is 0.414 e. The molecule has 0 spiro atoms. The molecule has 0 aliphatic carbocycles. The Morgan fingerprint density at radius 3 is 2.07 bits per heavy atom. The third-order valence-corrected chi connectivity index (χ3v) is 3.92. The number of azo groups is 1. The molecule has 7 heteroatoms. The Kier molecular flexibility index (Phi) is 6.17. The van der Waals surface area contributed by atoms with Gasteiger partial charge in [-0.05, 0) is 24.3 Å². The zero-order chi connectivity index (χ0) is 20.2. The molecule has 0 radical (unpaired) electrons. The number of nitrogens with zero attached hydrogens (tertiary/aromatic N) is 5. The van der Waals surface area contributed by atoms with Gasteiger partial charge in [-0.25, -0.2) is 4.79 Å². The van der Waals surface area contributed by atoms with Gasteiger partial charge in [0.25, 0.3) is 0 Å². The molecule has 0 unspecified atom stereocenters. The number of carbonyl (C=O) groups is 1. The van der Waals surface area contributed by atoms with Gasteiger partial charge < -0.3 is 14.5 Å². The van der Waals surface area contributed by atoms with E-state index in [1.54, 1.807) is 26.2 Å². The number of carbonyl (C=O) groups excluding carboxylic acids is 1. The van der Waals surface area contributed by atoms with Gasteiger partial charge >= 0.3 is 6.09 Å². The van der Waals surface area contributed by atoms with Crippen molar-refractivity contribution in [3.63, 3.8) is 0 Å². The molecule has 0 saturated heterocycles. The zero-order valence-electron chi connectivity index (χ0n) is 17.1. The van der Waals surface area contributed by atoms with E-state index in [0.29, 0.717) is 11.4 Å². The van der Waals surface area contributed by atoms with Crippen LogP contribution < -0.4 is 14.1 Å². The molecular formula is C20H28N5O2+. The molecule has 2 aromatic carbocycles. The molecule has 0 saturated carbocycles. The maximum atomic E-state index is 12.0. The lowest BCUT2D eigenvalue weighted by atomic mass is 10.2. The minimum absolute atomic E-state index is 0.367. The monoisotopic (exact) mass is 370 g/mol. The van der Waals surface area contributed by atoms with Crippen molar-refractivity contribution in [2.45, 2.75) is 0 Å². The lowest BCUT2D eigenvalue weighted by molar-refractivity contribution is 0.172. The van der Waals surface area contributed by atoms with Crippen LogP contribution in [0, 0.1) is 0 Å². The highest BCUT2D eigenvalue weighted by Crippen LogP contribution is 2.33. The van der Waals surface area contributed by atoms with Crippen LogP contribution in [0.25, 0.3) is 0 Å². The minimum Gasteiger partial charge on any atom is -0.408 e. The Morgan fingerprint density at radius 1 is 0.926 bits per heavy atom. The molecular weight excluding hydrogens is 342 g/mol. The van der Waals surface area contributed by atoms with Crippen LogP contribution in [0.15, 0.2) is 52.7 Å². The molecule has 0 fully saturated rings. The van der Waals surface area contributed by atoms with Crippen LogP contribution in [0.4, 0.5) is 27.5 Å². The first-order valence-corrected chi connectivity index (χ1v) is 8.62. The average Bonchev–Trinajstić information content (AvgIpc) is 2.59. The number of rotatable bonds is 5. The quantitative estimate of drug-likeness (QED) is 0.578. The summed E-state index contributed by atoms with van der Waals surface area (Å²) in [5, 5.41) is 8.57. The molecule has 27 heavy (non-hydrogen) atoms. The predicted octanol–water partition coefficient (Wildman–Crippen LogP) is 4.43. The normalized spacial score (nSPS) is 11.5. The summed E-state index contributed by atoms with van der Waals surface area (Å²) in [7, 11) is 13.4. The molecule has 0 bridgehead atoms. The lowest BCUT2D eigenvalue weighted by Crippen LogP contribution is -2.34. The summed E-state index contributed by atoms with van der Waals surface area (Å²) < 4.78 is 6.18. The van der Waals surface area contributed by atoms with Crippen LogP contribution in [0.1, 0.15) is 0 Å². The topological polar surface area (TPSA) is 57.5 Å². The SMILES string of the molecule is CN(C)C(=O)Oc1cc(N(C)C)ccc1N=Nc1ccc([N+](C)(C)C)cc1. The highest BCUT2D eigenvalue weighted by molar-refractivity contribution is 5.74. The van der Waals surface area contributed by atoms with Crippen molar-refractivity contribution in [1.82, 2.24) is 9.38 Å². The molecule has 0 heterocycles. The summed E-state index contributed by atoms with van der Waals surface area (Å²) in [6, 6.07) is 13.4. The van der Waals surface area contributed by atoms with Crippen LogP contribution in [0.5, 0.6) is 5.75 Å². The van der Waals surface area contributed by atoms with Crippen molar-refractivity contribution in [1.29, 1.82) is 0 Å². The van der Waals surface area contributed by atoms with Crippen LogP contribution in [-0.4, -0.2) is 60.3 Å². The van der Waals surface area contributed by atoms with Gasteiger partial charge in [0.05, 0.1) is 26.8 Å². The zero-order valence-corrected chi connectivity index (χ0v) is 17.1. The van der Waals surface area contributed by atoms with Crippen molar-refractivity contribution in [2.24, 2.45) is 10.2 Å². The van der Waals surface area contributed by atoms with Crippen molar-refractivity contribution < 1.29 is 9.53 Å². The van der Waals surface area contributed by atoms with E-state index in [2.05, 4.69) is 31.4 Å². The van der Waals surface area contributed by atoms with Gasteiger partial charge in [-0.3, -0.25) is 4.48 Å². The second-order valence-electron chi connectivity index (χ2n) is 7.54. The first-order chi connectivity index (χ1) is 12.6. The summed E-state index contributed by atoms with van der Waals surface area (Å²) in [6.45, 7) is 0. The molecule has 0 aliphatic rings.